The summed E-state index contributed by atoms with van der Waals surface area (Å²) in [4.78, 5) is 7.94. The maximum Gasteiger partial charge on any atom is 0.163 e. The zero-order chi connectivity index (χ0) is 14.2. The van der Waals surface area contributed by atoms with Gasteiger partial charge in [0.2, 0.25) is 0 Å². The second-order valence-electron chi connectivity index (χ2n) is 5.12. The van der Waals surface area contributed by atoms with Crippen molar-refractivity contribution in [2.24, 2.45) is 0 Å². The van der Waals surface area contributed by atoms with Gasteiger partial charge in [-0.25, -0.2) is 4.98 Å². The van der Waals surface area contributed by atoms with Crippen LogP contribution in [0.25, 0.3) is 11.0 Å². The third kappa shape index (κ3) is 2.27. The fourth-order valence-electron chi connectivity index (χ4n) is 2.58. The third-order valence-corrected chi connectivity index (χ3v) is 3.52. The summed E-state index contributed by atoms with van der Waals surface area (Å²) in [6.45, 7) is 1.17. The summed E-state index contributed by atoms with van der Waals surface area (Å²) in [6, 6.07) is 11.7. The van der Waals surface area contributed by atoms with Crippen LogP contribution in [0, 0.1) is 0 Å². The molecule has 4 rings (SSSR count). The number of rotatable bonds is 2. The minimum atomic E-state index is 0.582. The molecule has 5 nitrogen and oxygen atoms in total. The van der Waals surface area contributed by atoms with Gasteiger partial charge < -0.3 is 20.2 Å². The van der Waals surface area contributed by atoms with E-state index in [9.17, 15) is 0 Å². The van der Waals surface area contributed by atoms with Crippen LogP contribution in [-0.4, -0.2) is 23.2 Å². The van der Waals surface area contributed by atoms with Gasteiger partial charge in [-0.1, -0.05) is 12.1 Å². The molecule has 0 amide bonds. The molecule has 1 aliphatic heterocycles. The number of nitrogen functional groups attached to an aromatic ring is 1. The van der Waals surface area contributed by atoms with E-state index < -0.39 is 0 Å². The maximum absolute atomic E-state index is 5.81. The number of nitrogens with zero attached hydrogens (tertiary/aromatic N) is 1. The summed E-state index contributed by atoms with van der Waals surface area (Å²) in [6.07, 6.45) is 0.714. The van der Waals surface area contributed by atoms with Crippen molar-refractivity contribution in [1.29, 1.82) is 0 Å². The molecule has 0 saturated carbocycles. The molecule has 0 spiro atoms. The van der Waals surface area contributed by atoms with Crippen molar-refractivity contribution in [2.75, 3.05) is 18.9 Å². The summed E-state index contributed by atoms with van der Waals surface area (Å²) in [7, 11) is 0. The summed E-state index contributed by atoms with van der Waals surface area (Å²) in [5.41, 5.74) is 9.55. The van der Waals surface area contributed by atoms with E-state index in [4.69, 9.17) is 15.2 Å². The van der Waals surface area contributed by atoms with E-state index in [0.717, 1.165) is 39.6 Å². The van der Waals surface area contributed by atoms with Gasteiger partial charge in [-0.05, 0) is 17.7 Å². The minimum Gasteiger partial charge on any atom is -0.486 e. The summed E-state index contributed by atoms with van der Waals surface area (Å²) < 4.78 is 11.2. The van der Waals surface area contributed by atoms with E-state index in [1.54, 1.807) is 0 Å². The van der Waals surface area contributed by atoms with Gasteiger partial charge in [0.1, 0.15) is 19.0 Å². The molecule has 0 unspecified atom stereocenters. The number of aromatic amines is 1. The number of hydrogen-bond donors (Lipinski definition) is 2. The Morgan fingerprint density at radius 3 is 2.71 bits per heavy atom. The molecule has 0 saturated heterocycles. The van der Waals surface area contributed by atoms with E-state index in [-0.39, 0.29) is 0 Å². The molecule has 3 N–H and O–H groups in total. The number of hydrogen-bond acceptors (Lipinski definition) is 4. The van der Waals surface area contributed by atoms with Crippen molar-refractivity contribution in [3.63, 3.8) is 0 Å². The number of nitrogens with one attached hydrogen (secondary N) is 1. The zero-order valence-electron chi connectivity index (χ0n) is 11.4. The third-order valence-electron chi connectivity index (χ3n) is 3.52. The first-order valence-corrected chi connectivity index (χ1v) is 6.90. The van der Waals surface area contributed by atoms with Crippen LogP contribution < -0.4 is 15.2 Å². The number of benzene rings is 2. The molecule has 1 aliphatic rings. The lowest BCUT2D eigenvalue weighted by atomic mass is 10.1. The lowest BCUT2D eigenvalue weighted by Gasteiger charge is -2.17. The van der Waals surface area contributed by atoms with Crippen LogP contribution in [0.1, 0.15) is 11.4 Å². The summed E-state index contributed by atoms with van der Waals surface area (Å²) >= 11 is 0. The minimum absolute atomic E-state index is 0.582. The van der Waals surface area contributed by atoms with Gasteiger partial charge in [-0.3, -0.25) is 0 Å². The molecule has 5 heteroatoms. The van der Waals surface area contributed by atoms with Crippen molar-refractivity contribution >= 4 is 16.7 Å². The van der Waals surface area contributed by atoms with Crippen LogP contribution in [-0.2, 0) is 6.42 Å². The smallest absolute Gasteiger partial charge is 0.163 e. The fraction of sp³-hybridized carbons (Fsp3) is 0.188. The number of ether oxygens (including phenoxy) is 2. The summed E-state index contributed by atoms with van der Waals surface area (Å²) in [5.74, 6) is 2.43. The SMILES string of the molecule is Nc1cccc(Cc2nc3cc4c(cc3[nH]2)OCCO4)c1. The lowest BCUT2D eigenvalue weighted by molar-refractivity contribution is 0.172. The van der Waals surface area contributed by atoms with Gasteiger partial charge in [0.15, 0.2) is 11.5 Å². The van der Waals surface area contributed by atoms with Crippen molar-refractivity contribution in [3.8, 4) is 11.5 Å². The Balaban J connectivity index is 1.70. The molecule has 106 valence electrons. The molecule has 21 heavy (non-hydrogen) atoms. The molecule has 0 radical (unpaired) electrons. The average Bonchev–Trinajstić information content (AvgIpc) is 2.85. The van der Waals surface area contributed by atoms with Crippen molar-refractivity contribution < 1.29 is 9.47 Å². The molecule has 3 aromatic rings. The van der Waals surface area contributed by atoms with Crippen LogP contribution in [0.2, 0.25) is 0 Å². The van der Waals surface area contributed by atoms with Crippen LogP contribution in [0.5, 0.6) is 11.5 Å². The summed E-state index contributed by atoms with van der Waals surface area (Å²) in [5, 5.41) is 0. The first kappa shape index (κ1) is 12.1. The highest BCUT2D eigenvalue weighted by Gasteiger charge is 2.14. The Morgan fingerprint density at radius 1 is 1.10 bits per heavy atom. The second kappa shape index (κ2) is 4.70. The number of anilines is 1. The number of H-pyrrole nitrogens is 1. The Bertz CT molecular complexity index is 767. The molecule has 0 bridgehead atoms. The molecule has 0 atom stereocenters. The monoisotopic (exact) mass is 281 g/mol. The van der Waals surface area contributed by atoms with Gasteiger partial charge >= 0.3 is 0 Å². The van der Waals surface area contributed by atoms with Gasteiger partial charge in [-0.15, -0.1) is 0 Å². The lowest BCUT2D eigenvalue weighted by Crippen LogP contribution is -2.15. The largest absolute Gasteiger partial charge is 0.486 e. The average molecular weight is 281 g/mol. The van der Waals surface area contributed by atoms with Crippen molar-refractivity contribution in [1.82, 2.24) is 9.97 Å². The fourth-order valence-corrected chi connectivity index (χ4v) is 2.58. The predicted octanol–water partition coefficient (Wildman–Crippen LogP) is 2.51. The first-order chi connectivity index (χ1) is 10.3. The van der Waals surface area contributed by atoms with Crippen LogP contribution in [0.3, 0.4) is 0 Å². The van der Waals surface area contributed by atoms with Crippen molar-refractivity contribution in [2.45, 2.75) is 6.42 Å². The molecular formula is C16H15N3O2. The van der Waals surface area contributed by atoms with Crippen LogP contribution >= 0.6 is 0 Å². The molecular weight excluding hydrogens is 266 g/mol. The standard InChI is InChI=1S/C16H15N3O2/c17-11-3-1-2-10(6-11)7-16-18-12-8-14-15(9-13(12)19-16)21-5-4-20-14/h1-3,6,8-9H,4-5,7,17H2,(H,18,19). The van der Waals surface area contributed by atoms with Gasteiger partial charge in [0.05, 0.1) is 11.0 Å². The number of aromatic nitrogens is 2. The second-order valence-corrected chi connectivity index (χ2v) is 5.12. The van der Waals surface area contributed by atoms with Gasteiger partial charge in [-0.2, -0.15) is 0 Å². The number of imidazole rings is 1. The Labute approximate surface area is 121 Å². The molecule has 2 aromatic carbocycles. The van der Waals surface area contributed by atoms with Gasteiger partial charge in [0.25, 0.3) is 0 Å². The highest BCUT2D eigenvalue weighted by molar-refractivity contribution is 5.80. The van der Waals surface area contributed by atoms with E-state index in [2.05, 4.69) is 9.97 Å². The topological polar surface area (TPSA) is 73.2 Å². The normalized spacial score (nSPS) is 13.5. The van der Waals surface area contributed by atoms with E-state index >= 15 is 0 Å². The van der Waals surface area contributed by atoms with Crippen LogP contribution in [0.15, 0.2) is 36.4 Å². The predicted molar refractivity (Wildman–Crippen MR) is 80.7 cm³/mol. The Morgan fingerprint density at radius 2 is 1.90 bits per heavy atom. The zero-order valence-corrected chi connectivity index (χ0v) is 11.4. The molecule has 0 aliphatic carbocycles. The Hall–Kier alpha value is -2.69. The maximum atomic E-state index is 5.81. The Kier molecular flexibility index (Phi) is 2.70. The number of fused-ring (bicyclic) bond motifs is 2. The van der Waals surface area contributed by atoms with E-state index in [0.29, 0.717) is 19.6 Å². The highest BCUT2D eigenvalue weighted by atomic mass is 16.6. The van der Waals surface area contributed by atoms with Gasteiger partial charge in [0, 0.05) is 24.2 Å². The first-order valence-electron chi connectivity index (χ1n) is 6.90. The molecule has 0 fully saturated rings. The quantitative estimate of drug-likeness (QED) is 0.708. The molecule has 1 aromatic heterocycles. The van der Waals surface area contributed by atoms with Crippen molar-refractivity contribution in [3.05, 3.63) is 47.8 Å². The number of nitrogens with two attached hydrogens (primary N) is 1. The van der Waals surface area contributed by atoms with Crippen LogP contribution in [0.4, 0.5) is 5.69 Å². The van der Waals surface area contributed by atoms with E-state index in [1.165, 1.54) is 0 Å². The van der Waals surface area contributed by atoms with E-state index in [1.807, 2.05) is 36.4 Å². The molecule has 2 heterocycles. The highest BCUT2D eigenvalue weighted by Crippen LogP contribution is 2.33.